The summed E-state index contributed by atoms with van der Waals surface area (Å²) in [7, 11) is 0. The van der Waals surface area contributed by atoms with E-state index in [0.29, 0.717) is 10.9 Å². The number of nitrogens with zero attached hydrogens (tertiary/aromatic N) is 1. The highest BCUT2D eigenvalue weighted by molar-refractivity contribution is 8.00. The quantitative estimate of drug-likeness (QED) is 0.876. The maximum absolute atomic E-state index is 13.3. The Morgan fingerprint density at radius 1 is 1.56 bits per heavy atom. The SMILES string of the molecule is N#Cc1c(F)cccc1NCC1CCCS1. The summed E-state index contributed by atoms with van der Waals surface area (Å²) in [5, 5.41) is 12.6. The predicted molar refractivity (Wildman–Crippen MR) is 65.1 cm³/mol. The van der Waals surface area contributed by atoms with Crippen molar-refractivity contribution in [3.63, 3.8) is 0 Å². The zero-order valence-corrected chi connectivity index (χ0v) is 9.69. The molecule has 1 aliphatic heterocycles. The van der Waals surface area contributed by atoms with Crippen LogP contribution in [-0.4, -0.2) is 17.5 Å². The van der Waals surface area contributed by atoms with Crippen LogP contribution in [0.15, 0.2) is 18.2 Å². The second kappa shape index (κ2) is 5.22. The van der Waals surface area contributed by atoms with E-state index < -0.39 is 5.82 Å². The Hall–Kier alpha value is -1.21. The largest absolute Gasteiger partial charge is 0.383 e. The summed E-state index contributed by atoms with van der Waals surface area (Å²) >= 11 is 1.94. The van der Waals surface area contributed by atoms with E-state index in [-0.39, 0.29) is 5.56 Å². The fraction of sp³-hybridized carbons (Fsp3) is 0.417. The van der Waals surface area contributed by atoms with Crippen molar-refractivity contribution in [2.24, 2.45) is 0 Å². The van der Waals surface area contributed by atoms with Crippen molar-refractivity contribution >= 4 is 17.4 Å². The van der Waals surface area contributed by atoms with Gasteiger partial charge in [0.1, 0.15) is 17.4 Å². The highest BCUT2D eigenvalue weighted by atomic mass is 32.2. The lowest BCUT2D eigenvalue weighted by Gasteiger charge is -2.12. The third-order valence-electron chi connectivity index (χ3n) is 2.67. The van der Waals surface area contributed by atoms with Crippen LogP contribution in [0.1, 0.15) is 18.4 Å². The van der Waals surface area contributed by atoms with Crippen LogP contribution in [0.3, 0.4) is 0 Å². The van der Waals surface area contributed by atoms with Crippen LogP contribution in [0.2, 0.25) is 0 Å². The van der Waals surface area contributed by atoms with E-state index in [1.54, 1.807) is 12.1 Å². The zero-order chi connectivity index (χ0) is 11.4. The monoisotopic (exact) mass is 236 g/mol. The number of nitrogens with one attached hydrogen (secondary N) is 1. The summed E-state index contributed by atoms with van der Waals surface area (Å²) in [5.74, 6) is 0.757. The van der Waals surface area contributed by atoms with E-state index >= 15 is 0 Å². The van der Waals surface area contributed by atoms with Crippen molar-refractivity contribution in [3.05, 3.63) is 29.6 Å². The summed E-state index contributed by atoms with van der Waals surface area (Å²) in [6.07, 6.45) is 2.46. The van der Waals surface area contributed by atoms with Crippen LogP contribution in [0.5, 0.6) is 0 Å². The van der Waals surface area contributed by atoms with Crippen molar-refractivity contribution in [2.45, 2.75) is 18.1 Å². The highest BCUT2D eigenvalue weighted by Crippen LogP contribution is 2.27. The van der Waals surface area contributed by atoms with E-state index in [1.165, 1.54) is 24.7 Å². The van der Waals surface area contributed by atoms with Crippen LogP contribution in [0.4, 0.5) is 10.1 Å². The molecule has 1 unspecified atom stereocenters. The Bertz CT molecular complexity index is 408. The minimum atomic E-state index is -0.452. The molecule has 1 atom stereocenters. The van der Waals surface area contributed by atoms with Gasteiger partial charge in [-0.3, -0.25) is 0 Å². The minimum absolute atomic E-state index is 0.116. The second-order valence-electron chi connectivity index (χ2n) is 3.79. The fourth-order valence-electron chi connectivity index (χ4n) is 1.81. The molecule has 16 heavy (non-hydrogen) atoms. The van der Waals surface area contributed by atoms with Gasteiger partial charge < -0.3 is 5.32 Å². The summed E-state index contributed by atoms with van der Waals surface area (Å²) in [6.45, 7) is 0.808. The number of hydrogen-bond donors (Lipinski definition) is 1. The molecule has 1 heterocycles. The molecule has 2 rings (SSSR count). The first-order chi connectivity index (χ1) is 7.81. The summed E-state index contributed by atoms with van der Waals surface area (Å²) in [4.78, 5) is 0. The average Bonchev–Trinajstić information content (AvgIpc) is 2.79. The van der Waals surface area contributed by atoms with Crippen molar-refractivity contribution in [3.8, 4) is 6.07 Å². The first-order valence-corrected chi connectivity index (χ1v) is 6.40. The van der Waals surface area contributed by atoms with Gasteiger partial charge in [-0.05, 0) is 30.7 Å². The molecule has 0 aromatic heterocycles. The normalized spacial score (nSPS) is 19.4. The number of anilines is 1. The van der Waals surface area contributed by atoms with Gasteiger partial charge in [0.25, 0.3) is 0 Å². The fourth-order valence-corrected chi connectivity index (χ4v) is 3.02. The van der Waals surface area contributed by atoms with Gasteiger partial charge in [0.15, 0.2) is 0 Å². The topological polar surface area (TPSA) is 35.8 Å². The van der Waals surface area contributed by atoms with Gasteiger partial charge in [-0.15, -0.1) is 0 Å². The van der Waals surface area contributed by atoms with Crippen LogP contribution in [0, 0.1) is 17.1 Å². The number of nitriles is 1. The van der Waals surface area contributed by atoms with Crippen molar-refractivity contribution < 1.29 is 4.39 Å². The molecule has 4 heteroatoms. The Kier molecular flexibility index (Phi) is 3.68. The van der Waals surface area contributed by atoms with Crippen molar-refractivity contribution in [1.29, 1.82) is 5.26 Å². The van der Waals surface area contributed by atoms with E-state index in [4.69, 9.17) is 5.26 Å². The Labute approximate surface area is 98.8 Å². The molecular formula is C12H13FN2S. The molecule has 0 saturated carbocycles. The molecule has 2 nitrogen and oxygen atoms in total. The smallest absolute Gasteiger partial charge is 0.143 e. The maximum atomic E-state index is 13.3. The lowest BCUT2D eigenvalue weighted by Crippen LogP contribution is -2.14. The van der Waals surface area contributed by atoms with Gasteiger partial charge in [0, 0.05) is 11.8 Å². The lowest BCUT2D eigenvalue weighted by atomic mass is 10.1. The summed E-state index contributed by atoms with van der Waals surface area (Å²) in [6, 6.07) is 6.59. The van der Waals surface area contributed by atoms with E-state index in [1.807, 2.05) is 17.8 Å². The second-order valence-corrected chi connectivity index (χ2v) is 5.20. The van der Waals surface area contributed by atoms with Gasteiger partial charge in [-0.2, -0.15) is 17.0 Å². The lowest BCUT2D eigenvalue weighted by molar-refractivity contribution is 0.624. The van der Waals surface area contributed by atoms with Crippen LogP contribution < -0.4 is 5.32 Å². The van der Waals surface area contributed by atoms with Crippen LogP contribution in [0.25, 0.3) is 0 Å². The number of rotatable bonds is 3. The van der Waals surface area contributed by atoms with E-state index in [2.05, 4.69) is 5.32 Å². The van der Waals surface area contributed by atoms with Crippen LogP contribution in [-0.2, 0) is 0 Å². The van der Waals surface area contributed by atoms with E-state index in [9.17, 15) is 4.39 Å². The number of thioether (sulfide) groups is 1. The first kappa shape index (κ1) is 11.3. The third-order valence-corrected chi connectivity index (χ3v) is 4.07. The molecule has 1 aromatic carbocycles. The maximum Gasteiger partial charge on any atom is 0.143 e. The van der Waals surface area contributed by atoms with Gasteiger partial charge >= 0.3 is 0 Å². The van der Waals surface area contributed by atoms with Gasteiger partial charge in [-0.1, -0.05) is 6.07 Å². The minimum Gasteiger partial charge on any atom is -0.383 e. The molecule has 1 saturated heterocycles. The molecule has 0 spiro atoms. The molecule has 1 fully saturated rings. The summed E-state index contributed by atoms with van der Waals surface area (Å²) in [5.41, 5.74) is 0.723. The Morgan fingerprint density at radius 2 is 2.44 bits per heavy atom. The van der Waals surface area contributed by atoms with Crippen molar-refractivity contribution in [1.82, 2.24) is 0 Å². The zero-order valence-electron chi connectivity index (χ0n) is 8.87. The Balaban J connectivity index is 2.03. The molecule has 0 amide bonds. The van der Waals surface area contributed by atoms with Gasteiger partial charge in [0.05, 0.1) is 5.69 Å². The highest BCUT2D eigenvalue weighted by Gasteiger charge is 2.16. The predicted octanol–water partition coefficient (Wildman–Crippen LogP) is 3.00. The third kappa shape index (κ3) is 2.48. The van der Waals surface area contributed by atoms with Gasteiger partial charge in [-0.25, -0.2) is 4.39 Å². The van der Waals surface area contributed by atoms with Crippen LogP contribution >= 0.6 is 11.8 Å². The average molecular weight is 236 g/mol. The molecular weight excluding hydrogens is 223 g/mol. The first-order valence-electron chi connectivity index (χ1n) is 5.35. The number of hydrogen-bond acceptors (Lipinski definition) is 3. The molecule has 0 bridgehead atoms. The number of halogens is 1. The van der Waals surface area contributed by atoms with Gasteiger partial charge in [0.2, 0.25) is 0 Å². The Morgan fingerprint density at radius 3 is 3.12 bits per heavy atom. The molecule has 0 radical (unpaired) electrons. The summed E-state index contributed by atoms with van der Waals surface area (Å²) < 4.78 is 13.3. The van der Waals surface area contributed by atoms with Crippen molar-refractivity contribution in [2.75, 3.05) is 17.6 Å². The van der Waals surface area contributed by atoms with E-state index in [0.717, 1.165) is 6.54 Å². The number of benzene rings is 1. The molecule has 1 N–H and O–H groups in total. The molecule has 1 aromatic rings. The standard InChI is InChI=1S/C12H13FN2S/c13-11-4-1-5-12(10(11)7-14)15-8-9-3-2-6-16-9/h1,4-5,9,15H,2-3,6,8H2. The molecule has 1 aliphatic rings. The molecule has 0 aliphatic carbocycles. The molecule has 84 valence electrons.